The van der Waals surface area contributed by atoms with E-state index in [9.17, 15) is 4.39 Å². The fraction of sp³-hybridized carbons (Fsp3) is 0.562. The minimum absolute atomic E-state index is 0.203. The molecule has 0 atom stereocenters. The molecule has 1 aromatic carbocycles. The molecule has 1 aliphatic rings. The summed E-state index contributed by atoms with van der Waals surface area (Å²) in [7, 11) is 1.76. The molecule has 0 aliphatic heterocycles. The van der Waals surface area contributed by atoms with E-state index in [1.54, 1.807) is 19.2 Å². The number of hydrogen-bond donors (Lipinski definition) is 2. The second-order valence-corrected chi connectivity index (χ2v) is 5.93. The number of hydrogen-bond acceptors (Lipinski definition) is 1. The van der Waals surface area contributed by atoms with E-state index in [4.69, 9.17) is 0 Å². The summed E-state index contributed by atoms with van der Waals surface area (Å²) in [4.78, 5) is 4.22. The largest absolute Gasteiger partial charge is 0.356 e. The summed E-state index contributed by atoms with van der Waals surface area (Å²) in [6.45, 7) is 3.84. The van der Waals surface area contributed by atoms with Crippen LogP contribution in [-0.2, 0) is 6.54 Å². The highest BCUT2D eigenvalue weighted by Crippen LogP contribution is 2.36. The molecule has 0 heterocycles. The van der Waals surface area contributed by atoms with Gasteiger partial charge in [0.25, 0.3) is 0 Å². The number of benzene rings is 1. The first-order valence-corrected chi connectivity index (χ1v) is 7.30. The highest BCUT2D eigenvalue weighted by atomic mass is 19.1. The molecule has 1 saturated carbocycles. The lowest BCUT2D eigenvalue weighted by Crippen LogP contribution is -2.41. The number of nitrogens with zero attached hydrogens (tertiary/aromatic N) is 1. The lowest BCUT2D eigenvalue weighted by Gasteiger charge is -2.25. The number of nitrogens with one attached hydrogen (secondary N) is 2. The maximum Gasteiger partial charge on any atom is 0.191 e. The molecule has 0 spiro atoms. The van der Waals surface area contributed by atoms with Crippen LogP contribution < -0.4 is 10.6 Å². The molecule has 1 aliphatic carbocycles. The third-order valence-corrected chi connectivity index (χ3v) is 4.07. The van der Waals surface area contributed by atoms with Gasteiger partial charge in [0.15, 0.2) is 5.96 Å². The molecule has 3 nitrogen and oxygen atoms in total. The zero-order valence-corrected chi connectivity index (χ0v) is 12.4. The van der Waals surface area contributed by atoms with Gasteiger partial charge < -0.3 is 10.6 Å². The third-order valence-electron chi connectivity index (χ3n) is 4.07. The standard InChI is InChI=1S/C16H24FN3/c1-16(8-3-4-9-16)12-20-15(18-2)19-11-13-6-5-7-14(17)10-13/h5-7,10H,3-4,8-9,11-12H2,1-2H3,(H2,18,19,20). The molecule has 2 N–H and O–H groups in total. The molecular weight excluding hydrogens is 253 g/mol. The van der Waals surface area contributed by atoms with Gasteiger partial charge in [0.05, 0.1) is 0 Å². The highest BCUT2D eigenvalue weighted by molar-refractivity contribution is 5.79. The molecular formula is C16H24FN3. The van der Waals surface area contributed by atoms with Crippen LogP contribution in [0.25, 0.3) is 0 Å². The summed E-state index contributed by atoms with van der Waals surface area (Å²) < 4.78 is 13.1. The van der Waals surface area contributed by atoms with E-state index in [2.05, 4.69) is 22.5 Å². The predicted molar refractivity (Wildman–Crippen MR) is 81.2 cm³/mol. The van der Waals surface area contributed by atoms with Crippen molar-refractivity contribution >= 4 is 5.96 Å². The van der Waals surface area contributed by atoms with Crippen molar-refractivity contribution in [3.63, 3.8) is 0 Å². The summed E-state index contributed by atoms with van der Waals surface area (Å²) in [6, 6.07) is 6.62. The van der Waals surface area contributed by atoms with Crippen molar-refractivity contribution in [3.8, 4) is 0 Å². The van der Waals surface area contributed by atoms with Gasteiger partial charge in [-0.25, -0.2) is 4.39 Å². The van der Waals surface area contributed by atoms with Crippen molar-refractivity contribution in [1.29, 1.82) is 0 Å². The first-order chi connectivity index (χ1) is 9.61. The summed E-state index contributed by atoms with van der Waals surface area (Å²) in [5.41, 5.74) is 1.30. The molecule has 20 heavy (non-hydrogen) atoms. The number of rotatable bonds is 4. The maximum atomic E-state index is 13.1. The lowest BCUT2D eigenvalue weighted by molar-refractivity contribution is 0.334. The second-order valence-electron chi connectivity index (χ2n) is 5.93. The van der Waals surface area contributed by atoms with E-state index in [0.29, 0.717) is 12.0 Å². The zero-order valence-electron chi connectivity index (χ0n) is 12.4. The molecule has 0 unspecified atom stereocenters. The van der Waals surface area contributed by atoms with Gasteiger partial charge in [-0.15, -0.1) is 0 Å². The topological polar surface area (TPSA) is 36.4 Å². The van der Waals surface area contributed by atoms with Crippen molar-refractivity contribution in [3.05, 3.63) is 35.6 Å². The van der Waals surface area contributed by atoms with Crippen LogP contribution >= 0.6 is 0 Å². The smallest absolute Gasteiger partial charge is 0.191 e. The second kappa shape index (κ2) is 6.73. The van der Waals surface area contributed by atoms with Gasteiger partial charge in [-0.1, -0.05) is 31.9 Å². The number of aliphatic imine (C=N–C) groups is 1. The Balaban J connectivity index is 1.81. The van der Waals surface area contributed by atoms with E-state index in [0.717, 1.165) is 18.1 Å². The van der Waals surface area contributed by atoms with E-state index in [1.807, 2.05) is 6.07 Å². The van der Waals surface area contributed by atoms with E-state index in [-0.39, 0.29) is 5.82 Å². The molecule has 4 heteroatoms. The van der Waals surface area contributed by atoms with Crippen LogP contribution in [-0.4, -0.2) is 19.6 Å². The van der Waals surface area contributed by atoms with Gasteiger partial charge in [-0.05, 0) is 36.0 Å². The fourth-order valence-corrected chi connectivity index (χ4v) is 2.76. The average Bonchev–Trinajstić information content (AvgIpc) is 2.86. The summed E-state index contributed by atoms with van der Waals surface area (Å²) in [5.74, 6) is 0.577. The Morgan fingerprint density at radius 1 is 1.30 bits per heavy atom. The number of halogens is 1. The monoisotopic (exact) mass is 277 g/mol. The molecule has 0 radical (unpaired) electrons. The minimum atomic E-state index is -0.203. The lowest BCUT2D eigenvalue weighted by atomic mass is 9.89. The van der Waals surface area contributed by atoms with Gasteiger partial charge in [-0.3, -0.25) is 4.99 Å². The van der Waals surface area contributed by atoms with Gasteiger partial charge in [-0.2, -0.15) is 0 Å². The van der Waals surface area contributed by atoms with Crippen LogP contribution in [0, 0.1) is 11.2 Å². The Hall–Kier alpha value is -1.58. The fourth-order valence-electron chi connectivity index (χ4n) is 2.76. The first kappa shape index (κ1) is 14.8. The Morgan fingerprint density at radius 2 is 2.05 bits per heavy atom. The average molecular weight is 277 g/mol. The van der Waals surface area contributed by atoms with Crippen molar-refractivity contribution in [1.82, 2.24) is 10.6 Å². The van der Waals surface area contributed by atoms with Crippen LogP contribution in [0.3, 0.4) is 0 Å². The maximum absolute atomic E-state index is 13.1. The van der Waals surface area contributed by atoms with Gasteiger partial charge in [0.1, 0.15) is 5.82 Å². The Bertz CT molecular complexity index is 465. The molecule has 0 bridgehead atoms. The Labute approximate surface area is 120 Å². The van der Waals surface area contributed by atoms with E-state index >= 15 is 0 Å². The van der Waals surface area contributed by atoms with Gasteiger partial charge in [0.2, 0.25) is 0 Å². The molecule has 2 rings (SSSR count). The molecule has 0 saturated heterocycles. The van der Waals surface area contributed by atoms with Crippen molar-refractivity contribution < 1.29 is 4.39 Å². The molecule has 1 aromatic rings. The minimum Gasteiger partial charge on any atom is -0.356 e. The van der Waals surface area contributed by atoms with E-state index in [1.165, 1.54) is 31.7 Å². The van der Waals surface area contributed by atoms with Crippen LogP contribution in [0.5, 0.6) is 0 Å². The molecule has 0 aromatic heterocycles. The Kier molecular flexibility index (Phi) is 4.99. The molecule has 1 fully saturated rings. The van der Waals surface area contributed by atoms with Crippen LogP contribution in [0.1, 0.15) is 38.2 Å². The summed E-state index contributed by atoms with van der Waals surface area (Å²) >= 11 is 0. The van der Waals surface area contributed by atoms with Crippen LogP contribution in [0.4, 0.5) is 4.39 Å². The van der Waals surface area contributed by atoms with Crippen molar-refractivity contribution in [2.45, 2.75) is 39.2 Å². The SMILES string of the molecule is CN=C(NCc1cccc(F)c1)NCC1(C)CCCC1. The van der Waals surface area contributed by atoms with Crippen molar-refractivity contribution in [2.75, 3.05) is 13.6 Å². The normalized spacial score (nSPS) is 18.1. The van der Waals surface area contributed by atoms with E-state index < -0.39 is 0 Å². The number of guanidine groups is 1. The van der Waals surface area contributed by atoms with Crippen LogP contribution in [0.15, 0.2) is 29.3 Å². The Morgan fingerprint density at radius 3 is 2.70 bits per heavy atom. The van der Waals surface area contributed by atoms with Gasteiger partial charge >= 0.3 is 0 Å². The summed E-state index contributed by atoms with van der Waals surface area (Å²) in [5, 5.41) is 6.61. The van der Waals surface area contributed by atoms with Gasteiger partial charge in [0, 0.05) is 20.1 Å². The van der Waals surface area contributed by atoms with Crippen LogP contribution in [0.2, 0.25) is 0 Å². The summed E-state index contributed by atoms with van der Waals surface area (Å²) in [6.07, 6.45) is 5.21. The molecule has 0 amide bonds. The predicted octanol–water partition coefficient (Wildman–Crippen LogP) is 3.07. The quantitative estimate of drug-likeness (QED) is 0.655. The zero-order chi connectivity index (χ0) is 14.4. The third kappa shape index (κ3) is 4.22. The van der Waals surface area contributed by atoms with Crippen molar-refractivity contribution in [2.24, 2.45) is 10.4 Å². The first-order valence-electron chi connectivity index (χ1n) is 7.30. The molecule has 110 valence electrons. The highest BCUT2D eigenvalue weighted by Gasteiger charge is 2.28.